The molecule has 164 valence electrons. The molecule has 32 heavy (non-hydrogen) atoms. The quantitative estimate of drug-likeness (QED) is 0.470. The van der Waals surface area contributed by atoms with E-state index < -0.39 is 18.5 Å². The fourth-order valence-electron chi connectivity index (χ4n) is 3.11. The van der Waals surface area contributed by atoms with Crippen molar-refractivity contribution in [2.45, 2.75) is 12.8 Å². The SMILES string of the molecule is COc1cncc(-c2ccn3c(-c4cccc(NC(=O)NCC(C)(F)F)c4)cnc3c2)n1. The van der Waals surface area contributed by atoms with Crippen LogP contribution >= 0.6 is 0 Å². The summed E-state index contributed by atoms with van der Waals surface area (Å²) >= 11 is 0. The monoisotopic (exact) mass is 438 g/mol. The molecule has 0 atom stereocenters. The average molecular weight is 438 g/mol. The first-order chi connectivity index (χ1) is 15.3. The van der Waals surface area contributed by atoms with Crippen molar-refractivity contribution in [3.05, 3.63) is 61.2 Å². The number of nitrogens with zero attached hydrogens (tertiary/aromatic N) is 4. The van der Waals surface area contributed by atoms with E-state index in [1.54, 1.807) is 30.6 Å². The van der Waals surface area contributed by atoms with Gasteiger partial charge in [-0.15, -0.1) is 0 Å². The Morgan fingerprint density at radius 2 is 2.00 bits per heavy atom. The second-order valence-corrected chi connectivity index (χ2v) is 7.19. The molecule has 0 aliphatic rings. The van der Waals surface area contributed by atoms with Gasteiger partial charge >= 0.3 is 6.03 Å². The second kappa shape index (κ2) is 8.58. The highest BCUT2D eigenvalue weighted by molar-refractivity contribution is 5.90. The number of hydrogen-bond acceptors (Lipinski definition) is 5. The highest BCUT2D eigenvalue weighted by Crippen LogP contribution is 2.26. The summed E-state index contributed by atoms with van der Waals surface area (Å²) in [5.74, 6) is -2.56. The van der Waals surface area contributed by atoms with E-state index in [4.69, 9.17) is 4.74 Å². The van der Waals surface area contributed by atoms with Gasteiger partial charge < -0.3 is 15.4 Å². The molecule has 0 fully saturated rings. The van der Waals surface area contributed by atoms with Crippen LogP contribution in [0.25, 0.3) is 28.2 Å². The van der Waals surface area contributed by atoms with Gasteiger partial charge in [0.05, 0.1) is 43.6 Å². The summed E-state index contributed by atoms with van der Waals surface area (Å²) in [7, 11) is 1.53. The predicted molar refractivity (Wildman–Crippen MR) is 116 cm³/mol. The van der Waals surface area contributed by atoms with E-state index in [1.165, 1.54) is 13.3 Å². The standard InChI is InChI=1S/C22H20F2N6O2/c1-22(23,24)13-27-21(31)28-16-5-3-4-15(8-16)18-11-26-19-9-14(6-7-30(18)19)17-10-25-12-20(29-17)32-2/h3-12H,13H2,1-2H3,(H2,27,28,31). The van der Waals surface area contributed by atoms with Gasteiger partial charge in [-0.3, -0.25) is 9.38 Å². The lowest BCUT2D eigenvalue weighted by atomic mass is 10.1. The van der Waals surface area contributed by atoms with E-state index in [9.17, 15) is 13.6 Å². The van der Waals surface area contributed by atoms with Crippen LogP contribution in [0, 0.1) is 0 Å². The predicted octanol–water partition coefficient (Wildman–Crippen LogP) is 4.24. The average Bonchev–Trinajstić information content (AvgIpc) is 3.21. The Hall–Kier alpha value is -4.08. The number of pyridine rings is 1. The smallest absolute Gasteiger partial charge is 0.319 e. The molecular weight excluding hydrogens is 418 g/mol. The molecule has 0 bridgehead atoms. The molecule has 10 heteroatoms. The van der Waals surface area contributed by atoms with Crippen molar-refractivity contribution in [3.63, 3.8) is 0 Å². The maximum absolute atomic E-state index is 12.9. The molecule has 3 heterocycles. The van der Waals surface area contributed by atoms with Crippen LogP contribution in [0.1, 0.15) is 6.92 Å². The van der Waals surface area contributed by atoms with Gasteiger partial charge in [-0.2, -0.15) is 0 Å². The van der Waals surface area contributed by atoms with Gasteiger partial charge in [-0.25, -0.2) is 23.5 Å². The van der Waals surface area contributed by atoms with Crippen molar-refractivity contribution in [2.24, 2.45) is 0 Å². The minimum atomic E-state index is -2.98. The molecule has 4 aromatic rings. The third-order valence-corrected chi connectivity index (χ3v) is 4.61. The number of rotatable bonds is 6. The number of aromatic nitrogens is 4. The van der Waals surface area contributed by atoms with Crippen LogP contribution in [0.5, 0.6) is 5.88 Å². The molecule has 8 nitrogen and oxygen atoms in total. The van der Waals surface area contributed by atoms with Gasteiger partial charge in [0.1, 0.15) is 5.65 Å². The normalized spacial score (nSPS) is 11.4. The zero-order valence-corrected chi connectivity index (χ0v) is 17.3. The highest BCUT2D eigenvalue weighted by atomic mass is 19.3. The topological polar surface area (TPSA) is 93.4 Å². The number of hydrogen-bond donors (Lipinski definition) is 2. The van der Waals surface area contributed by atoms with E-state index in [0.29, 0.717) is 22.9 Å². The van der Waals surface area contributed by atoms with Gasteiger partial charge in [0, 0.05) is 29.9 Å². The van der Waals surface area contributed by atoms with Crippen LogP contribution < -0.4 is 15.4 Å². The van der Waals surface area contributed by atoms with Crippen LogP contribution in [0.2, 0.25) is 0 Å². The van der Waals surface area contributed by atoms with Gasteiger partial charge in [0.2, 0.25) is 5.88 Å². The van der Waals surface area contributed by atoms with Crippen molar-refractivity contribution in [2.75, 3.05) is 19.0 Å². The first-order valence-corrected chi connectivity index (χ1v) is 9.69. The molecule has 2 amide bonds. The molecule has 1 aromatic carbocycles. The third-order valence-electron chi connectivity index (χ3n) is 4.61. The zero-order chi connectivity index (χ0) is 22.7. The maximum atomic E-state index is 12.9. The number of methoxy groups -OCH3 is 1. The van der Waals surface area contributed by atoms with Gasteiger partial charge in [-0.1, -0.05) is 12.1 Å². The van der Waals surface area contributed by atoms with E-state index in [0.717, 1.165) is 23.7 Å². The Balaban J connectivity index is 1.57. The number of imidazole rings is 1. The number of carbonyl (C=O) groups excluding carboxylic acids is 1. The summed E-state index contributed by atoms with van der Waals surface area (Å²) in [4.78, 5) is 24.9. The number of fused-ring (bicyclic) bond motifs is 1. The molecule has 2 N–H and O–H groups in total. The highest BCUT2D eigenvalue weighted by Gasteiger charge is 2.21. The molecular formula is C22H20F2N6O2. The van der Waals surface area contributed by atoms with Crippen molar-refractivity contribution in [3.8, 4) is 28.4 Å². The Morgan fingerprint density at radius 3 is 2.78 bits per heavy atom. The Kier molecular flexibility index (Phi) is 5.67. The summed E-state index contributed by atoms with van der Waals surface area (Å²) < 4.78 is 32.9. The van der Waals surface area contributed by atoms with Gasteiger partial charge in [0.15, 0.2) is 0 Å². The summed E-state index contributed by atoms with van der Waals surface area (Å²) in [6.45, 7) is -0.00327. The largest absolute Gasteiger partial charge is 0.480 e. The zero-order valence-electron chi connectivity index (χ0n) is 17.3. The molecule has 0 radical (unpaired) electrons. The van der Waals surface area contributed by atoms with Crippen LogP contribution in [-0.4, -0.2) is 45.0 Å². The minimum Gasteiger partial charge on any atom is -0.480 e. The molecule has 0 aliphatic heterocycles. The molecule has 0 spiro atoms. The lowest BCUT2D eigenvalue weighted by molar-refractivity contribution is 0.0257. The Bertz CT molecular complexity index is 1270. The number of alkyl halides is 2. The second-order valence-electron chi connectivity index (χ2n) is 7.19. The number of urea groups is 1. The summed E-state index contributed by atoms with van der Waals surface area (Å²) in [5.41, 5.74) is 4.26. The third kappa shape index (κ3) is 4.80. The Labute approximate surface area is 182 Å². The van der Waals surface area contributed by atoms with Crippen LogP contribution in [-0.2, 0) is 0 Å². The molecule has 4 rings (SSSR count). The summed E-state index contributed by atoms with van der Waals surface area (Å²) in [6.07, 6.45) is 6.76. The first kappa shape index (κ1) is 21.2. The van der Waals surface area contributed by atoms with Crippen molar-refractivity contribution in [1.29, 1.82) is 0 Å². The number of ether oxygens (including phenoxy) is 1. The van der Waals surface area contributed by atoms with E-state index >= 15 is 0 Å². The number of benzene rings is 1. The number of anilines is 1. The molecule has 0 saturated heterocycles. The number of halogens is 2. The van der Waals surface area contributed by atoms with Gasteiger partial charge in [-0.05, 0) is 24.3 Å². The van der Waals surface area contributed by atoms with Crippen LogP contribution in [0.4, 0.5) is 19.3 Å². The fraction of sp³-hybridized carbons (Fsp3) is 0.182. The number of carbonyl (C=O) groups is 1. The summed E-state index contributed by atoms with van der Waals surface area (Å²) in [6, 6.07) is 10.1. The molecule has 0 saturated carbocycles. The number of amides is 2. The van der Waals surface area contributed by atoms with Crippen molar-refractivity contribution in [1.82, 2.24) is 24.7 Å². The Morgan fingerprint density at radius 1 is 1.16 bits per heavy atom. The van der Waals surface area contributed by atoms with Crippen LogP contribution in [0.15, 0.2) is 61.2 Å². The summed E-state index contributed by atoms with van der Waals surface area (Å²) in [5, 5.41) is 4.71. The van der Waals surface area contributed by atoms with E-state index in [-0.39, 0.29) is 0 Å². The minimum absolute atomic E-state index is 0.419. The van der Waals surface area contributed by atoms with E-state index in [1.807, 2.05) is 28.8 Å². The van der Waals surface area contributed by atoms with E-state index in [2.05, 4.69) is 25.6 Å². The number of nitrogens with one attached hydrogen (secondary N) is 2. The van der Waals surface area contributed by atoms with Crippen molar-refractivity contribution < 1.29 is 18.3 Å². The lowest BCUT2D eigenvalue weighted by Crippen LogP contribution is -2.37. The molecule has 0 unspecified atom stereocenters. The van der Waals surface area contributed by atoms with Gasteiger partial charge in [0.25, 0.3) is 5.92 Å². The van der Waals surface area contributed by atoms with Crippen molar-refractivity contribution >= 4 is 17.4 Å². The lowest BCUT2D eigenvalue weighted by Gasteiger charge is -2.12. The molecule has 3 aromatic heterocycles. The molecule has 0 aliphatic carbocycles. The van der Waals surface area contributed by atoms with Crippen LogP contribution in [0.3, 0.4) is 0 Å². The fourth-order valence-corrected chi connectivity index (χ4v) is 3.11. The first-order valence-electron chi connectivity index (χ1n) is 9.69. The maximum Gasteiger partial charge on any atom is 0.319 e.